The zero-order chi connectivity index (χ0) is 13.1. The van der Waals surface area contributed by atoms with Crippen molar-refractivity contribution in [1.82, 2.24) is 9.97 Å². The van der Waals surface area contributed by atoms with E-state index in [1.807, 2.05) is 0 Å². The first-order chi connectivity index (χ1) is 8.58. The molecule has 4 nitrogen and oxygen atoms in total. The molecule has 7 heteroatoms. The Kier molecular flexibility index (Phi) is 3.61. The molecule has 2 rings (SSSR count). The van der Waals surface area contributed by atoms with Gasteiger partial charge in [0.2, 0.25) is 0 Å². The molecule has 0 unspecified atom stereocenters. The highest BCUT2D eigenvalue weighted by molar-refractivity contribution is 9.10. The fourth-order valence-corrected chi connectivity index (χ4v) is 1.72. The highest BCUT2D eigenvalue weighted by Crippen LogP contribution is 2.20. The minimum atomic E-state index is -0.948. The maximum Gasteiger partial charge on any atom is 0.261 e. The summed E-state index contributed by atoms with van der Waals surface area (Å²) in [6, 6.07) is 2.03. The van der Waals surface area contributed by atoms with Crippen LogP contribution in [0.25, 0.3) is 0 Å². The Morgan fingerprint density at radius 1 is 1.17 bits per heavy atom. The molecular formula is C11H6BrF2N3O. The van der Waals surface area contributed by atoms with Crippen molar-refractivity contribution in [3.8, 4) is 0 Å². The summed E-state index contributed by atoms with van der Waals surface area (Å²) in [5.74, 6) is -2.79. The van der Waals surface area contributed by atoms with Gasteiger partial charge in [-0.2, -0.15) is 0 Å². The normalized spacial score (nSPS) is 10.2. The molecule has 1 aromatic heterocycles. The molecule has 0 bridgehead atoms. The van der Waals surface area contributed by atoms with Gasteiger partial charge in [0, 0.05) is 4.47 Å². The van der Waals surface area contributed by atoms with Crippen LogP contribution in [0.1, 0.15) is 10.4 Å². The van der Waals surface area contributed by atoms with Crippen molar-refractivity contribution >= 4 is 27.5 Å². The van der Waals surface area contributed by atoms with E-state index in [0.717, 1.165) is 12.1 Å². The Morgan fingerprint density at radius 3 is 2.28 bits per heavy atom. The number of amides is 1. The van der Waals surface area contributed by atoms with E-state index in [2.05, 4.69) is 31.2 Å². The van der Waals surface area contributed by atoms with E-state index in [4.69, 9.17) is 0 Å². The van der Waals surface area contributed by atoms with E-state index < -0.39 is 23.1 Å². The van der Waals surface area contributed by atoms with Gasteiger partial charge in [-0.25, -0.2) is 18.7 Å². The number of hydrogen-bond donors (Lipinski definition) is 1. The fourth-order valence-electron chi connectivity index (χ4n) is 1.32. The van der Waals surface area contributed by atoms with Gasteiger partial charge in [-0.1, -0.05) is 15.9 Å². The molecule has 18 heavy (non-hydrogen) atoms. The average molecular weight is 314 g/mol. The molecule has 0 aliphatic heterocycles. The van der Waals surface area contributed by atoms with E-state index in [1.54, 1.807) is 0 Å². The number of nitrogens with zero attached hydrogens (tertiary/aromatic N) is 2. The van der Waals surface area contributed by atoms with Gasteiger partial charge < -0.3 is 5.32 Å². The summed E-state index contributed by atoms with van der Waals surface area (Å²) in [6.07, 6.45) is 3.91. The van der Waals surface area contributed by atoms with Gasteiger partial charge in [-0.05, 0) is 12.1 Å². The number of nitrogens with one attached hydrogen (secondary N) is 1. The third-order valence-electron chi connectivity index (χ3n) is 2.05. The van der Waals surface area contributed by atoms with Crippen LogP contribution in [0.2, 0.25) is 0 Å². The van der Waals surface area contributed by atoms with E-state index in [0.29, 0.717) is 0 Å². The fraction of sp³-hybridized carbons (Fsp3) is 0. The zero-order valence-electron chi connectivity index (χ0n) is 8.82. The lowest BCUT2D eigenvalue weighted by Gasteiger charge is -2.06. The molecule has 0 saturated heterocycles. The highest BCUT2D eigenvalue weighted by atomic mass is 79.9. The third kappa shape index (κ3) is 2.67. The van der Waals surface area contributed by atoms with Crippen LogP contribution in [-0.2, 0) is 0 Å². The summed E-state index contributed by atoms with van der Waals surface area (Å²) in [4.78, 5) is 19.0. The van der Waals surface area contributed by atoms with Gasteiger partial charge in [-0.3, -0.25) is 4.79 Å². The van der Waals surface area contributed by atoms with Gasteiger partial charge in [0.1, 0.15) is 23.5 Å². The number of rotatable bonds is 2. The molecule has 0 spiro atoms. The smallest absolute Gasteiger partial charge is 0.261 e. The molecular weight excluding hydrogens is 308 g/mol. The van der Waals surface area contributed by atoms with Crippen molar-refractivity contribution in [1.29, 1.82) is 0 Å². The summed E-state index contributed by atoms with van der Waals surface area (Å²) < 4.78 is 27.2. The van der Waals surface area contributed by atoms with Crippen LogP contribution < -0.4 is 5.32 Å². The maximum atomic E-state index is 13.5. The SMILES string of the molecule is O=C(Nc1cncnc1)c1c(F)cc(Br)cc1F. The topological polar surface area (TPSA) is 54.9 Å². The first-order valence-corrected chi connectivity index (χ1v) is 5.58. The van der Waals surface area contributed by atoms with Gasteiger partial charge in [0.05, 0.1) is 18.1 Å². The first-order valence-electron chi connectivity index (χ1n) is 4.79. The van der Waals surface area contributed by atoms with E-state index >= 15 is 0 Å². The Bertz CT molecular complexity index is 569. The van der Waals surface area contributed by atoms with Crippen molar-refractivity contribution < 1.29 is 13.6 Å². The molecule has 1 amide bonds. The van der Waals surface area contributed by atoms with Crippen molar-refractivity contribution in [2.75, 3.05) is 5.32 Å². The third-order valence-corrected chi connectivity index (χ3v) is 2.51. The number of benzene rings is 1. The summed E-state index contributed by atoms with van der Waals surface area (Å²) >= 11 is 2.93. The number of halogens is 3. The van der Waals surface area contributed by atoms with Crippen LogP contribution in [0.3, 0.4) is 0 Å². The Morgan fingerprint density at radius 2 is 1.72 bits per heavy atom. The lowest BCUT2D eigenvalue weighted by Crippen LogP contribution is -2.16. The predicted molar refractivity (Wildman–Crippen MR) is 64.0 cm³/mol. The van der Waals surface area contributed by atoms with Crippen molar-refractivity contribution in [3.05, 3.63) is 52.5 Å². The zero-order valence-corrected chi connectivity index (χ0v) is 10.4. The van der Waals surface area contributed by atoms with Crippen LogP contribution in [0.4, 0.5) is 14.5 Å². The molecule has 92 valence electrons. The molecule has 1 N–H and O–H groups in total. The minimum Gasteiger partial charge on any atom is -0.319 e. The summed E-state index contributed by atoms with van der Waals surface area (Å²) in [7, 11) is 0. The largest absolute Gasteiger partial charge is 0.319 e. The maximum absolute atomic E-state index is 13.5. The van der Waals surface area contributed by atoms with Crippen molar-refractivity contribution in [3.63, 3.8) is 0 Å². The number of anilines is 1. The van der Waals surface area contributed by atoms with Gasteiger partial charge in [0.25, 0.3) is 5.91 Å². The second-order valence-corrected chi connectivity index (χ2v) is 4.24. The van der Waals surface area contributed by atoms with Gasteiger partial charge in [0.15, 0.2) is 0 Å². The lowest BCUT2D eigenvalue weighted by molar-refractivity contribution is 0.101. The van der Waals surface area contributed by atoms with Crippen molar-refractivity contribution in [2.24, 2.45) is 0 Å². The molecule has 2 aromatic rings. The number of carbonyl (C=O) groups is 1. The molecule has 1 aromatic carbocycles. The van der Waals surface area contributed by atoms with Crippen LogP contribution in [0.15, 0.2) is 35.3 Å². The Hall–Kier alpha value is -1.89. The molecule has 0 radical (unpaired) electrons. The average Bonchev–Trinajstić information content (AvgIpc) is 2.28. The minimum absolute atomic E-state index is 0.220. The molecule has 0 atom stereocenters. The molecule has 0 saturated carbocycles. The number of hydrogen-bond acceptors (Lipinski definition) is 3. The van der Waals surface area contributed by atoms with Gasteiger partial charge in [-0.15, -0.1) is 0 Å². The first kappa shape index (κ1) is 12.6. The predicted octanol–water partition coefficient (Wildman–Crippen LogP) is 2.77. The molecule has 0 aliphatic carbocycles. The van der Waals surface area contributed by atoms with Gasteiger partial charge >= 0.3 is 0 Å². The second-order valence-electron chi connectivity index (χ2n) is 3.33. The van der Waals surface area contributed by atoms with E-state index in [9.17, 15) is 13.6 Å². The van der Waals surface area contributed by atoms with Crippen LogP contribution >= 0.6 is 15.9 Å². The number of carbonyl (C=O) groups excluding carboxylic acids is 1. The summed E-state index contributed by atoms with van der Waals surface area (Å²) in [5.41, 5.74) is -0.397. The summed E-state index contributed by atoms with van der Waals surface area (Å²) in [5, 5.41) is 2.30. The van der Waals surface area contributed by atoms with Crippen LogP contribution in [0.5, 0.6) is 0 Å². The lowest BCUT2D eigenvalue weighted by atomic mass is 10.2. The quantitative estimate of drug-likeness (QED) is 0.927. The van der Waals surface area contributed by atoms with Crippen LogP contribution in [-0.4, -0.2) is 15.9 Å². The monoisotopic (exact) mass is 313 g/mol. The van der Waals surface area contributed by atoms with E-state index in [1.165, 1.54) is 18.7 Å². The number of aromatic nitrogens is 2. The molecule has 0 aliphatic rings. The van der Waals surface area contributed by atoms with E-state index in [-0.39, 0.29) is 10.2 Å². The molecule has 0 fully saturated rings. The second kappa shape index (κ2) is 5.18. The standard InChI is InChI=1S/C11H6BrF2N3O/c12-6-1-8(13)10(9(14)2-6)11(18)17-7-3-15-5-16-4-7/h1-5H,(H,17,18). The van der Waals surface area contributed by atoms with Crippen LogP contribution in [0, 0.1) is 11.6 Å². The Balaban J connectivity index is 2.30. The Labute approximate surface area is 109 Å². The van der Waals surface area contributed by atoms with Crippen molar-refractivity contribution in [2.45, 2.75) is 0 Å². The molecule has 1 heterocycles. The summed E-state index contributed by atoms with van der Waals surface area (Å²) in [6.45, 7) is 0. The highest BCUT2D eigenvalue weighted by Gasteiger charge is 2.18.